The number of carbonyl (C=O) groups is 1. The smallest absolute Gasteiger partial charge is 0.315 e. The van der Waals surface area contributed by atoms with Gasteiger partial charge in [-0.25, -0.2) is 4.79 Å². The maximum Gasteiger partial charge on any atom is 0.315 e. The van der Waals surface area contributed by atoms with Crippen LogP contribution in [0.4, 0.5) is 4.79 Å². The molecule has 1 aliphatic carbocycles. The zero-order chi connectivity index (χ0) is 14.8. The lowest BCUT2D eigenvalue weighted by Crippen LogP contribution is -2.54. The molecule has 0 heterocycles. The van der Waals surface area contributed by atoms with Crippen molar-refractivity contribution in [2.75, 3.05) is 6.61 Å². The van der Waals surface area contributed by atoms with Gasteiger partial charge >= 0.3 is 6.03 Å². The normalized spacial score (nSPS) is 19.0. The molecule has 110 valence electrons. The Labute approximate surface area is 124 Å². The summed E-state index contributed by atoms with van der Waals surface area (Å²) >= 11 is 5.94. The molecule has 0 saturated heterocycles. The van der Waals surface area contributed by atoms with Crippen LogP contribution in [0.15, 0.2) is 24.3 Å². The van der Waals surface area contributed by atoms with Crippen LogP contribution in [0.2, 0.25) is 5.02 Å². The maximum atomic E-state index is 12.1. The molecule has 0 radical (unpaired) electrons. The molecular formula is C15H21ClN2O2. The van der Waals surface area contributed by atoms with Crippen molar-refractivity contribution in [1.82, 2.24) is 10.6 Å². The Morgan fingerprint density at radius 1 is 1.55 bits per heavy atom. The third-order valence-electron chi connectivity index (χ3n) is 3.90. The summed E-state index contributed by atoms with van der Waals surface area (Å²) in [5.41, 5.74) is 0.419. The van der Waals surface area contributed by atoms with Crippen LogP contribution in [0, 0.1) is 5.92 Å². The second kappa shape index (κ2) is 6.02. The molecule has 20 heavy (non-hydrogen) atoms. The third-order valence-corrected chi connectivity index (χ3v) is 4.14. The first-order chi connectivity index (χ1) is 9.44. The number of hydrogen-bond donors (Lipinski definition) is 3. The van der Waals surface area contributed by atoms with Crippen LogP contribution in [-0.4, -0.2) is 23.3 Å². The molecule has 1 aromatic rings. The molecule has 3 N–H and O–H groups in total. The molecule has 4 nitrogen and oxygen atoms in total. The van der Waals surface area contributed by atoms with E-state index in [0.717, 1.165) is 18.4 Å². The predicted molar refractivity (Wildman–Crippen MR) is 79.7 cm³/mol. The number of hydrogen-bond acceptors (Lipinski definition) is 2. The molecule has 1 fully saturated rings. The van der Waals surface area contributed by atoms with E-state index in [4.69, 9.17) is 11.6 Å². The topological polar surface area (TPSA) is 61.4 Å². The molecule has 2 atom stereocenters. The Morgan fingerprint density at radius 2 is 2.25 bits per heavy atom. The number of carbonyl (C=O) groups excluding carboxylic acids is 1. The minimum atomic E-state index is -0.530. The van der Waals surface area contributed by atoms with Crippen molar-refractivity contribution in [1.29, 1.82) is 0 Å². The molecule has 5 heteroatoms. The van der Waals surface area contributed by atoms with Crippen molar-refractivity contribution in [2.45, 2.75) is 38.3 Å². The first-order valence-electron chi connectivity index (χ1n) is 6.89. The molecule has 0 aliphatic heterocycles. The fourth-order valence-corrected chi connectivity index (χ4v) is 2.54. The standard InChI is InChI=1S/C15H21ClN2O2/c1-10(11-4-3-5-13(16)8-11)17-14(20)18-15(2,9-19)12-6-7-12/h3-5,8,10,12,19H,6-7,9H2,1-2H3,(H2,17,18,20). The monoisotopic (exact) mass is 296 g/mol. The number of rotatable bonds is 5. The summed E-state index contributed by atoms with van der Waals surface area (Å²) < 4.78 is 0. The Morgan fingerprint density at radius 3 is 2.80 bits per heavy atom. The number of aliphatic hydroxyl groups is 1. The lowest BCUT2D eigenvalue weighted by atomic mass is 9.97. The fourth-order valence-electron chi connectivity index (χ4n) is 2.34. The molecule has 1 aromatic carbocycles. The Bertz CT molecular complexity index is 491. The van der Waals surface area contributed by atoms with Gasteiger partial charge in [0.25, 0.3) is 0 Å². The van der Waals surface area contributed by atoms with Crippen molar-refractivity contribution in [3.05, 3.63) is 34.9 Å². The number of nitrogens with one attached hydrogen (secondary N) is 2. The van der Waals surface area contributed by atoms with Gasteiger partial charge in [0.1, 0.15) is 0 Å². The van der Waals surface area contributed by atoms with Crippen LogP contribution < -0.4 is 10.6 Å². The Hall–Kier alpha value is -1.26. The van der Waals surface area contributed by atoms with Gasteiger partial charge in [-0.2, -0.15) is 0 Å². The van der Waals surface area contributed by atoms with Gasteiger partial charge in [-0.3, -0.25) is 0 Å². The van der Waals surface area contributed by atoms with Crippen molar-refractivity contribution in [3.8, 4) is 0 Å². The van der Waals surface area contributed by atoms with Gasteiger partial charge in [0.15, 0.2) is 0 Å². The summed E-state index contributed by atoms with van der Waals surface area (Å²) in [4.78, 5) is 12.1. The molecule has 1 aliphatic rings. The minimum Gasteiger partial charge on any atom is -0.394 e. The quantitative estimate of drug-likeness (QED) is 0.782. The maximum absolute atomic E-state index is 12.1. The van der Waals surface area contributed by atoms with E-state index in [1.165, 1.54) is 0 Å². The van der Waals surface area contributed by atoms with Crippen LogP contribution in [0.3, 0.4) is 0 Å². The Balaban J connectivity index is 1.94. The highest BCUT2D eigenvalue weighted by Crippen LogP contribution is 2.39. The largest absolute Gasteiger partial charge is 0.394 e. The molecule has 2 rings (SSSR count). The van der Waals surface area contributed by atoms with Crippen LogP contribution in [-0.2, 0) is 0 Å². The average Bonchev–Trinajstić information content (AvgIpc) is 3.23. The summed E-state index contributed by atoms with van der Waals surface area (Å²) in [6, 6.07) is 7.00. The lowest BCUT2D eigenvalue weighted by Gasteiger charge is -2.29. The van der Waals surface area contributed by atoms with E-state index >= 15 is 0 Å². The summed E-state index contributed by atoms with van der Waals surface area (Å²) in [5.74, 6) is 0.375. The average molecular weight is 297 g/mol. The highest BCUT2D eigenvalue weighted by atomic mass is 35.5. The molecule has 2 amide bonds. The van der Waals surface area contributed by atoms with E-state index in [2.05, 4.69) is 10.6 Å². The van der Waals surface area contributed by atoms with Crippen LogP contribution >= 0.6 is 11.6 Å². The van der Waals surface area contributed by atoms with E-state index in [0.29, 0.717) is 10.9 Å². The van der Waals surface area contributed by atoms with Crippen LogP contribution in [0.25, 0.3) is 0 Å². The first kappa shape index (κ1) is 15.1. The van der Waals surface area contributed by atoms with Gasteiger partial charge in [-0.05, 0) is 50.3 Å². The van der Waals surface area contributed by atoms with Crippen molar-refractivity contribution < 1.29 is 9.90 Å². The molecule has 1 saturated carbocycles. The first-order valence-corrected chi connectivity index (χ1v) is 7.27. The molecule has 0 aromatic heterocycles. The van der Waals surface area contributed by atoms with E-state index in [1.54, 1.807) is 6.07 Å². The van der Waals surface area contributed by atoms with Gasteiger partial charge in [0.05, 0.1) is 18.2 Å². The summed E-state index contributed by atoms with van der Waals surface area (Å²) in [6.45, 7) is 3.74. The molecule has 0 bridgehead atoms. The molecule has 0 spiro atoms. The number of halogens is 1. The van der Waals surface area contributed by atoms with Crippen LogP contribution in [0.1, 0.15) is 38.3 Å². The van der Waals surface area contributed by atoms with Crippen molar-refractivity contribution >= 4 is 17.6 Å². The van der Waals surface area contributed by atoms with Crippen molar-refractivity contribution in [3.63, 3.8) is 0 Å². The summed E-state index contributed by atoms with van der Waals surface area (Å²) in [7, 11) is 0. The Kier molecular flexibility index (Phi) is 4.55. The molecular weight excluding hydrogens is 276 g/mol. The van der Waals surface area contributed by atoms with Gasteiger partial charge in [0, 0.05) is 5.02 Å². The number of aliphatic hydroxyl groups excluding tert-OH is 1. The summed E-state index contributed by atoms with van der Waals surface area (Å²) in [6.07, 6.45) is 2.11. The number of benzene rings is 1. The van der Waals surface area contributed by atoms with Gasteiger partial charge in [-0.15, -0.1) is 0 Å². The van der Waals surface area contributed by atoms with Gasteiger partial charge in [-0.1, -0.05) is 23.7 Å². The van der Waals surface area contributed by atoms with E-state index in [-0.39, 0.29) is 18.7 Å². The SMILES string of the molecule is CC(NC(=O)NC(C)(CO)C1CC1)c1cccc(Cl)c1. The predicted octanol–water partition coefficient (Wildman–Crippen LogP) is 2.86. The van der Waals surface area contributed by atoms with Gasteiger partial charge < -0.3 is 15.7 Å². The van der Waals surface area contributed by atoms with E-state index in [1.807, 2.05) is 32.0 Å². The second-order valence-corrected chi connectivity index (χ2v) is 6.16. The second-order valence-electron chi connectivity index (χ2n) is 5.73. The zero-order valence-corrected chi connectivity index (χ0v) is 12.6. The fraction of sp³-hybridized carbons (Fsp3) is 0.533. The molecule has 2 unspecified atom stereocenters. The minimum absolute atomic E-state index is 0.0450. The lowest BCUT2D eigenvalue weighted by molar-refractivity contribution is 0.154. The van der Waals surface area contributed by atoms with Gasteiger partial charge in [0.2, 0.25) is 0 Å². The highest BCUT2D eigenvalue weighted by Gasteiger charge is 2.42. The van der Waals surface area contributed by atoms with E-state index in [9.17, 15) is 9.90 Å². The van der Waals surface area contributed by atoms with Crippen LogP contribution in [0.5, 0.6) is 0 Å². The summed E-state index contributed by atoms with van der Waals surface area (Å²) in [5, 5.41) is 15.9. The number of amides is 2. The third kappa shape index (κ3) is 3.64. The van der Waals surface area contributed by atoms with Crippen molar-refractivity contribution in [2.24, 2.45) is 5.92 Å². The highest BCUT2D eigenvalue weighted by molar-refractivity contribution is 6.30. The number of urea groups is 1. The van der Waals surface area contributed by atoms with E-state index < -0.39 is 5.54 Å². The zero-order valence-electron chi connectivity index (χ0n) is 11.8.